The third-order valence-electron chi connectivity index (χ3n) is 4.66. The van der Waals surface area contributed by atoms with Gasteiger partial charge in [0.15, 0.2) is 0 Å². The molecule has 2 aromatic heterocycles. The van der Waals surface area contributed by atoms with E-state index < -0.39 is 0 Å². The maximum atomic E-state index is 12.4. The average molecular weight is 356 g/mol. The predicted octanol–water partition coefficient (Wildman–Crippen LogP) is 3.00. The summed E-state index contributed by atoms with van der Waals surface area (Å²) in [7, 11) is 0. The smallest absolute Gasteiger partial charge is 0.246 e. The lowest BCUT2D eigenvalue weighted by Gasteiger charge is -2.22. The minimum absolute atomic E-state index is 0.00777. The lowest BCUT2D eigenvalue weighted by molar-refractivity contribution is -0.126. The van der Waals surface area contributed by atoms with E-state index in [1.807, 2.05) is 46.7 Å². The number of aromatic nitrogens is 1. The quantitative estimate of drug-likeness (QED) is 0.791. The number of hydrogen-bond acceptors (Lipinski definition) is 5. The summed E-state index contributed by atoms with van der Waals surface area (Å²) in [5.41, 5.74) is -0.272. The molecule has 1 amide bonds. The zero-order valence-electron chi connectivity index (χ0n) is 13.8. The van der Waals surface area contributed by atoms with Gasteiger partial charge in [0, 0.05) is 36.2 Å². The van der Waals surface area contributed by atoms with Gasteiger partial charge in [-0.25, -0.2) is 4.98 Å². The highest BCUT2D eigenvalue weighted by Crippen LogP contribution is 2.36. The van der Waals surface area contributed by atoms with Gasteiger partial charge in [-0.1, -0.05) is 12.1 Å². The fraction of sp³-hybridized carbons (Fsp3) is 0.368. The molecule has 25 heavy (non-hydrogen) atoms. The molecule has 0 unspecified atom stereocenters. The Morgan fingerprint density at radius 2 is 2.36 bits per heavy atom. The molecule has 0 radical (unpaired) electrons. The molecule has 0 aliphatic carbocycles. The summed E-state index contributed by atoms with van der Waals surface area (Å²) in [6, 6.07) is 9.60. The van der Waals surface area contributed by atoms with E-state index in [4.69, 9.17) is 9.47 Å². The van der Waals surface area contributed by atoms with Gasteiger partial charge in [0.2, 0.25) is 11.8 Å². The number of carbonyl (C=O) groups is 1. The van der Waals surface area contributed by atoms with E-state index in [1.54, 1.807) is 23.6 Å². The van der Waals surface area contributed by atoms with Crippen molar-refractivity contribution in [2.45, 2.75) is 24.5 Å². The first-order chi connectivity index (χ1) is 12.2. The van der Waals surface area contributed by atoms with E-state index in [-0.39, 0.29) is 17.6 Å². The van der Waals surface area contributed by atoms with Crippen LogP contribution < -0.4 is 4.74 Å². The molecule has 130 valence electrons. The van der Waals surface area contributed by atoms with Crippen LogP contribution in [0.25, 0.3) is 6.08 Å². The summed E-state index contributed by atoms with van der Waals surface area (Å²) >= 11 is 1.62. The summed E-state index contributed by atoms with van der Waals surface area (Å²) in [6.45, 7) is 1.90. The second-order valence-corrected chi connectivity index (χ2v) is 7.44. The standard InChI is InChI=1S/C19H20N2O3S/c22-18(7-6-16-4-3-11-25-16)21-10-8-19(14-21)12-15(13-23-19)24-17-5-1-2-9-20-17/h1-7,9,11,15H,8,10,12-14H2/b7-6+/t15-,19-/m0/s1. The Morgan fingerprint density at radius 1 is 1.40 bits per heavy atom. The van der Waals surface area contributed by atoms with Crippen LogP contribution >= 0.6 is 11.3 Å². The number of ether oxygens (including phenoxy) is 2. The molecule has 2 saturated heterocycles. The lowest BCUT2D eigenvalue weighted by atomic mass is 9.98. The van der Waals surface area contributed by atoms with Crippen molar-refractivity contribution in [3.8, 4) is 5.88 Å². The monoisotopic (exact) mass is 356 g/mol. The molecular weight excluding hydrogens is 336 g/mol. The number of likely N-dealkylation sites (tertiary alicyclic amines) is 1. The zero-order valence-corrected chi connectivity index (χ0v) is 14.7. The number of pyridine rings is 1. The minimum atomic E-state index is -0.272. The van der Waals surface area contributed by atoms with Gasteiger partial charge in [0.1, 0.15) is 6.10 Å². The predicted molar refractivity (Wildman–Crippen MR) is 96.5 cm³/mol. The Morgan fingerprint density at radius 3 is 3.16 bits per heavy atom. The number of amides is 1. The maximum absolute atomic E-state index is 12.4. The van der Waals surface area contributed by atoms with Crippen LogP contribution in [0.5, 0.6) is 5.88 Å². The Labute approximate surface area is 150 Å². The van der Waals surface area contributed by atoms with Crippen LogP contribution in [0, 0.1) is 0 Å². The molecule has 5 nitrogen and oxygen atoms in total. The first kappa shape index (κ1) is 16.3. The summed E-state index contributed by atoms with van der Waals surface area (Å²) in [6.07, 6.45) is 6.89. The summed E-state index contributed by atoms with van der Waals surface area (Å²) in [4.78, 5) is 19.6. The van der Waals surface area contributed by atoms with Crippen LogP contribution in [0.15, 0.2) is 48.0 Å². The van der Waals surface area contributed by atoms with Crippen LogP contribution in [0.4, 0.5) is 0 Å². The van der Waals surface area contributed by atoms with Crippen molar-refractivity contribution in [2.75, 3.05) is 19.7 Å². The number of hydrogen-bond donors (Lipinski definition) is 0. The molecule has 0 saturated carbocycles. The van der Waals surface area contributed by atoms with Gasteiger partial charge in [0.05, 0.1) is 18.8 Å². The van der Waals surface area contributed by atoms with E-state index in [0.717, 1.165) is 24.3 Å². The van der Waals surface area contributed by atoms with Crippen LogP contribution in [-0.4, -0.2) is 47.2 Å². The highest BCUT2D eigenvalue weighted by Gasteiger charge is 2.47. The van der Waals surface area contributed by atoms with E-state index in [0.29, 0.717) is 19.0 Å². The van der Waals surface area contributed by atoms with E-state index in [2.05, 4.69) is 4.98 Å². The van der Waals surface area contributed by atoms with Crippen LogP contribution in [0.2, 0.25) is 0 Å². The summed E-state index contributed by atoms with van der Waals surface area (Å²) in [5, 5.41) is 2.00. The van der Waals surface area contributed by atoms with Crippen molar-refractivity contribution < 1.29 is 14.3 Å². The Kier molecular flexibility index (Phi) is 4.55. The topological polar surface area (TPSA) is 51.7 Å². The number of nitrogens with zero attached hydrogens (tertiary/aromatic N) is 2. The molecule has 2 fully saturated rings. The van der Waals surface area contributed by atoms with Crippen LogP contribution in [0.1, 0.15) is 17.7 Å². The van der Waals surface area contributed by atoms with Crippen LogP contribution in [0.3, 0.4) is 0 Å². The van der Waals surface area contributed by atoms with Gasteiger partial charge >= 0.3 is 0 Å². The molecule has 4 rings (SSSR count). The first-order valence-corrected chi connectivity index (χ1v) is 9.33. The normalized spacial score (nSPS) is 25.9. The molecule has 6 heteroatoms. The third kappa shape index (κ3) is 3.75. The maximum Gasteiger partial charge on any atom is 0.246 e. The Bertz CT molecular complexity index is 747. The van der Waals surface area contributed by atoms with E-state index in [1.165, 1.54) is 0 Å². The fourth-order valence-electron chi connectivity index (χ4n) is 3.43. The number of carbonyl (C=O) groups excluding carboxylic acids is 1. The number of thiophene rings is 1. The Balaban J connectivity index is 1.33. The molecule has 2 atom stereocenters. The highest BCUT2D eigenvalue weighted by atomic mass is 32.1. The zero-order chi connectivity index (χ0) is 17.1. The molecule has 2 aliphatic heterocycles. The second kappa shape index (κ2) is 6.98. The SMILES string of the molecule is O=C(/C=C/c1cccs1)N1CC[C@]2(C[C@H](Oc3ccccn3)CO2)C1. The van der Waals surface area contributed by atoms with Crippen molar-refractivity contribution in [1.82, 2.24) is 9.88 Å². The molecule has 2 aliphatic rings. The molecule has 0 bridgehead atoms. The largest absolute Gasteiger partial charge is 0.472 e. The molecule has 0 N–H and O–H groups in total. The Hall–Kier alpha value is -2.18. The number of rotatable bonds is 4. The van der Waals surface area contributed by atoms with Gasteiger partial charge in [-0.15, -0.1) is 11.3 Å². The van der Waals surface area contributed by atoms with E-state index in [9.17, 15) is 4.79 Å². The van der Waals surface area contributed by atoms with Gasteiger partial charge in [-0.3, -0.25) is 4.79 Å². The van der Waals surface area contributed by atoms with Crippen molar-refractivity contribution >= 4 is 23.3 Å². The van der Waals surface area contributed by atoms with Gasteiger partial charge < -0.3 is 14.4 Å². The first-order valence-electron chi connectivity index (χ1n) is 8.45. The van der Waals surface area contributed by atoms with Crippen molar-refractivity contribution in [3.05, 3.63) is 52.9 Å². The van der Waals surface area contributed by atoms with Crippen molar-refractivity contribution in [2.24, 2.45) is 0 Å². The van der Waals surface area contributed by atoms with Gasteiger partial charge in [-0.05, 0) is 30.0 Å². The fourth-order valence-corrected chi connectivity index (χ4v) is 4.05. The van der Waals surface area contributed by atoms with Crippen LogP contribution in [-0.2, 0) is 9.53 Å². The van der Waals surface area contributed by atoms with Crippen molar-refractivity contribution in [1.29, 1.82) is 0 Å². The minimum Gasteiger partial charge on any atom is -0.472 e. The average Bonchev–Trinajstić information content (AvgIpc) is 3.37. The lowest BCUT2D eigenvalue weighted by Crippen LogP contribution is -2.35. The molecule has 2 aromatic rings. The molecular formula is C19H20N2O3S. The second-order valence-electron chi connectivity index (χ2n) is 6.46. The molecule has 0 aromatic carbocycles. The highest BCUT2D eigenvalue weighted by molar-refractivity contribution is 7.10. The van der Waals surface area contributed by atoms with Crippen molar-refractivity contribution in [3.63, 3.8) is 0 Å². The third-order valence-corrected chi connectivity index (χ3v) is 5.50. The van der Waals surface area contributed by atoms with Gasteiger partial charge in [-0.2, -0.15) is 0 Å². The van der Waals surface area contributed by atoms with E-state index >= 15 is 0 Å². The summed E-state index contributed by atoms with van der Waals surface area (Å²) < 4.78 is 12.0. The molecule has 1 spiro atoms. The van der Waals surface area contributed by atoms with Gasteiger partial charge in [0.25, 0.3) is 0 Å². The molecule has 4 heterocycles. The summed E-state index contributed by atoms with van der Waals surface area (Å²) in [5.74, 6) is 0.668.